The van der Waals surface area contributed by atoms with E-state index in [-0.39, 0.29) is 0 Å². The predicted molar refractivity (Wildman–Crippen MR) is 282 cm³/mol. The zero-order valence-electron chi connectivity index (χ0n) is 35.7. The van der Waals surface area contributed by atoms with Crippen molar-refractivity contribution >= 4 is 114 Å². The summed E-state index contributed by atoms with van der Waals surface area (Å²) < 4.78 is 11.5. The fourth-order valence-corrected chi connectivity index (χ4v) is 11.9. The van der Waals surface area contributed by atoms with Gasteiger partial charge in [0.1, 0.15) is 11.2 Å². The summed E-state index contributed by atoms with van der Waals surface area (Å²) in [5.74, 6) is 0. The summed E-state index contributed by atoms with van der Waals surface area (Å²) in [7, 11) is 0. The van der Waals surface area contributed by atoms with Gasteiger partial charge in [-0.15, -0.1) is 11.3 Å². The van der Waals surface area contributed by atoms with Crippen LogP contribution in [0.1, 0.15) is 0 Å². The van der Waals surface area contributed by atoms with Gasteiger partial charge < -0.3 is 13.9 Å². The first-order chi connectivity index (χ1) is 32.7. The summed E-state index contributed by atoms with van der Waals surface area (Å²) in [4.78, 5) is 2.50. The number of benzene rings is 11. The smallest absolute Gasteiger partial charge is 0.143 e. The Balaban J connectivity index is 1.02. The van der Waals surface area contributed by atoms with E-state index < -0.39 is 0 Å². The highest BCUT2D eigenvalue weighted by Crippen LogP contribution is 2.51. The van der Waals surface area contributed by atoms with Gasteiger partial charge in [-0.05, 0) is 87.9 Å². The fourth-order valence-electron chi connectivity index (χ4n) is 10.6. The lowest BCUT2D eigenvalue weighted by molar-refractivity contribution is 0.670. The average molecular weight is 859 g/mol. The molecule has 0 aliphatic carbocycles. The number of hydrogen-bond acceptors (Lipinski definition) is 3. The molecule has 0 fully saturated rings. The Morgan fingerprint density at radius 3 is 1.77 bits per heavy atom. The maximum Gasteiger partial charge on any atom is 0.143 e. The Hall–Kier alpha value is -8.44. The third kappa shape index (κ3) is 5.55. The maximum absolute atomic E-state index is 6.54. The molecule has 0 bridgehead atoms. The van der Waals surface area contributed by atoms with Gasteiger partial charge in [-0.2, -0.15) is 0 Å². The minimum Gasteiger partial charge on any atom is -0.455 e. The van der Waals surface area contributed by atoms with Crippen molar-refractivity contribution in [3.8, 4) is 27.9 Å². The van der Waals surface area contributed by atoms with E-state index in [0.29, 0.717) is 0 Å². The van der Waals surface area contributed by atoms with E-state index in [1.54, 1.807) is 0 Å². The first-order valence-electron chi connectivity index (χ1n) is 22.5. The van der Waals surface area contributed by atoms with Gasteiger partial charge in [0.2, 0.25) is 0 Å². The minimum absolute atomic E-state index is 0.901. The molecule has 4 heteroatoms. The molecule has 0 unspecified atom stereocenters. The summed E-state index contributed by atoms with van der Waals surface area (Å²) in [6.45, 7) is 0. The van der Waals surface area contributed by atoms with Crippen LogP contribution >= 0.6 is 11.3 Å². The first kappa shape index (κ1) is 37.0. The fraction of sp³-hybridized carbons (Fsp3) is 0. The van der Waals surface area contributed by atoms with Crippen molar-refractivity contribution in [3.63, 3.8) is 0 Å². The normalized spacial score (nSPS) is 11.9. The van der Waals surface area contributed by atoms with Gasteiger partial charge in [-0.3, -0.25) is 0 Å². The minimum atomic E-state index is 0.901. The van der Waals surface area contributed by atoms with E-state index in [9.17, 15) is 0 Å². The van der Waals surface area contributed by atoms with Crippen molar-refractivity contribution < 1.29 is 4.42 Å². The van der Waals surface area contributed by atoms with Gasteiger partial charge in [0, 0.05) is 69.6 Å². The van der Waals surface area contributed by atoms with E-state index in [2.05, 4.69) is 234 Å². The van der Waals surface area contributed by atoms with Gasteiger partial charge >= 0.3 is 0 Å². The summed E-state index contributed by atoms with van der Waals surface area (Å²) >= 11 is 1.88. The second-order valence-electron chi connectivity index (χ2n) is 17.2. The van der Waals surface area contributed by atoms with Gasteiger partial charge in [-0.25, -0.2) is 0 Å². The molecule has 3 heterocycles. The van der Waals surface area contributed by atoms with Crippen LogP contribution in [-0.4, -0.2) is 4.57 Å². The second-order valence-corrected chi connectivity index (χ2v) is 18.2. The van der Waals surface area contributed by atoms with Crippen molar-refractivity contribution in [2.24, 2.45) is 0 Å². The van der Waals surface area contributed by atoms with Crippen molar-refractivity contribution in [2.45, 2.75) is 0 Å². The molecule has 0 saturated carbocycles. The van der Waals surface area contributed by atoms with Crippen LogP contribution in [0.5, 0.6) is 0 Å². The van der Waals surface area contributed by atoms with Crippen LogP contribution in [0.15, 0.2) is 235 Å². The molecule has 3 nitrogen and oxygen atoms in total. The zero-order chi connectivity index (χ0) is 43.3. The number of anilines is 3. The van der Waals surface area contributed by atoms with Crippen molar-refractivity contribution in [1.82, 2.24) is 4.57 Å². The van der Waals surface area contributed by atoms with Crippen LogP contribution in [0, 0.1) is 0 Å². The summed E-state index contributed by atoms with van der Waals surface area (Å²) in [6.07, 6.45) is 0. The molecular formula is C62H38N2OS. The number of aromatic nitrogens is 1. The predicted octanol–water partition coefficient (Wildman–Crippen LogP) is 18.2. The molecule has 0 spiro atoms. The monoisotopic (exact) mass is 858 g/mol. The lowest BCUT2D eigenvalue weighted by Crippen LogP contribution is -2.12. The number of para-hydroxylation sites is 4. The lowest BCUT2D eigenvalue weighted by Gasteiger charge is -2.30. The number of thiophene rings is 1. The largest absolute Gasteiger partial charge is 0.455 e. The molecule has 0 amide bonds. The lowest BCUT2D eigenvalue weighted by atomic mass is 9.96. The Bertz CT molecular complexity index is 4180. The number of furan rings is 1. The Morgan fingerprint density at radius 2 is 1.00 bits per heavy atom. The van der Waals surface area contributed by atoms with E-state index in [1.807, 2.05) is 17.4 Å². The Morgan fingerprint density at radius 1 is 0.394 bits per heavy atom. The maximum atomic E-state index is 6.54. The SMILES string of the molecule is c1ccc2c(c1)cc(N(c1ccc(-c3cccc4c3oc3ccccc34)cc1)c1ccc3c(sc4ccccc43)c1-c1ccc(-n3c4ccccc4c4ccccc43)cc1)c1ccccc12. The first-order valence-corrected chi connectivity index (χ1v) is 23.3. The van der Waals surface area contributed by atoms with Crippen LogP contribution < -0.4 is 4.90 Å². The molecule has 11 aromatic carbocycles. The summed E-state index contributed by atoms with van der Waals surface area (Å²) in [5.41, 5.74) is 13.2. The molecule has 0 atom stereocenters. The van der Waals surface area contributed by atoms with E-state index >= 15 is 0 Å². The number of nitrogens with zero attached hydrogens (tertiary/aromatic N) is 2. The van der Waals surface area contributed by atoms with Gasteiger partial charge in [0.25, 0.3) is 0 Å². The van der Waals surface area contributed by atoms with Crippen LogP contribution in [0.3, 0.4) is 0 Å². The molecule has 14 rings (SSSR count). The van der Waals surface area contributed by atoms with Crippen LogP contribution in [0.4, 0.5) is 17.1 Å². The topological polar surface area (TPSA) is 21.3 Å². The van der Waals surface area contributed by atoms with Crippen LogP contribution in [0.2, 0.25) is 0 Å². The van der Waals surface area contributed by atoms with Gasteiger partial charge in [0.05, 0.1) is 22.4 Å². The molecular weight excluding hydrogens is 821 g/mol. The molecule has 0 radical (unpaired) electrons. The molecule has 3 aromatic heterocycles. The quantitative estimate of drug-likeness (QED) is 0.155. The van der Waals surface area contributed by atoms with E-state index in [0.717, 1.165) is 61.4 Å². The van der Waals surface area contributed by atoms with Crippen LogP contribution in [0.25, 0.3) is 113 Å². The average Bonchev–Trinajstić information content (AvgIpc) is 4.07. The number of hydrogen-bond donors (Lipinski definition) is 0. The van der Waals surface area contributed by atoms with Crippen molar-refractivity contribution in [2.75, 3.05) is 4.90 Å². The van der Waals surface area contributed by atoms with Gasteiger partial charge in [0.15, 0.2) is 0 Å². The third-order valence-electron chi connectivity index (χ3n) is 13.6. The van der Waals surface area contributed by atoms with Gasteiger partial charge in [-0.1, -0.05) is 170 Å². The third-order valence-corrected chi connectivity index (χ3v) is 14.8. The molecule has 14 aromatic rings. The number of rotatable bonds is 6. The summed E-state index contributed by atoms with van der Waals surface area (Å²) in [6, 6.07) is 84.1. The highest BCUT2D eigenvalue weighted by molar-refractivity contribution is 7.26. The van der Waals surface area contributed by atoms with Crippen LogP contribution in [-0.2, 0) is 0 Å². The molecule has 308 valence electrons. The molecule has 0 saturated heterocycles. The standard InChI is InChI=1S/C62H38N2OS/c1-2-15-44-41(14-1)38-57(47-17-4-3-16-46(44)47)64(43-32-28-39(29-33-43)45-22-13-23-52-50-20-7-11-26-58(50)65-61(45)52)56-37-36-53-51-21-8-12-27-59(51)66-62(53)60(56)40-30-34-42(35-31-40)63-54-24-9-5-18-48(54)49-19-6-10-25-55(49)63/h1-38H. The highest BCUT2D eigenvalue weighted by Gasteiger charge is 2.25. The second kappa shape index (κ2) is 14.5. The highest BCUT2D eigenvalue weighted by atomic mass is 32.1. The molecule has 0 aliphatic rings. The summed E-state index contributed by atoms with van der Waals surface area (Å²) in [5, 5.41) is 12.2. The molecule has 66 heavy (non-hydrogen) atoms. The number of fused-ring (bicyclic) bond motifs is 12. The van der Waals surface area contributed by atoms with Crippen molar-refractivity contribution in [1.29, 1.82) is 0 Å². The Labute approximate surface area is 384 Å². The van der Waals surface area contributed by atoms with Crippen molar-refractivity contribution in [3.05, 3.63) is 231 Å². The van der Waals surface area contributed by atoms with E-state index in [1.165, 1.54) is 69.1 Å². The molecule has 0 aliphatic heterocycles. The zero-order valence-corrected chi connectivity index (χ0v) is 36.5. The Kier molecular flexibility index (Phi) is 8.15. The molecule has 0 N–H and O–H groups in total. The van der Waals surface area contributed by atoms with E-state index in [4.69, 9.17) is 4.42 Å².